The number of para-hydroxylation sites is 1. The first-order valence-corrected chi connectivity index (χ1v) is 8.35. The van der Waals surface area contributed by atoms with E-state index in [9.17, 15) is 4.79 Å². The van der Waals surface area contributed by atoms with Gasteiger partial charge in [0, 0.05) is 30.9 Å². The molecule has 1 amide bonds. The Morgan fingerprint density at radius 1 is 1.42 bits per heavy atom. The molecule has 1 saturated carbocycles. The van der Waals surface area contributed by atoms with Crippen LogP contribution >= 0.6 is 0 Å². The van der Waals surface area contributed by atoms with Gasteiger partial charge in [-0.1, -0.05) is 18.2 Å². The fourth-order valence-electron chi connectivity index (χ4n) is 2.76. The molecule has 1 aliphatic carbocycles. The summed E-state index contributed by atoms with van der Waals surface area (Å²) in [5.74, 6) is 0.786. The van der Waals surface area contributed by atoms with Crippen LogP contribution in [0.2, 0.25) is 0 Å². The largest absolute Gasteiger partial charge is 0.490 e. The molecule has 2 N–H and O–H groups in total. The van der Waals surface area contributed by atoms with E-state index in [0.717, 1.165) is 29.7 Å². The summed E-state index contributed by atoms with van der Waals surface area (Å²) in [4.78, 5) is 12.5. The molecule has 1 aliphatic rings. The van der Waals surface area contributed by atoms with Crippen LogP contribution in [0, 0.1) is 0 Å². The predicted octanol–water partition coefficient (Wildman–Crippen LogP) is 1.93. The number of carbonyl (C=O) groups excluding carboxylic acids is 1. The number of likely N-dealkylation sites (N-methyl/N-ethyl adjacent to an activating group) is 1. The first-order valence-electron chi connectivity index (χ1n) is 8.35. The number of hydrogen-bond donors (Lipinski definition) is 2. The number of nitrogens with zero attached hydrogens (tertiary/aromatic N) is 2. The highest BCUT2D eigenvalue weighted by Gasteiger charge is 2.22. The van der Waals surface area contributed by atoms with Gasteiger partial charge < -0.3 is 15.4 Å². The molecule has 6 heteroatoms. The predicted molar refractivity (Wildman–Crippen MR) is 91.6 cm³/mol. The van der Waals surface area contributed by atoms with E-state index in [1.165, 1.54) is 6.42 Å². The van der Waals surface area contributed by atoms with Crippen LogP contribution in [0.15, 0.2) is 36.7 Å². The summed E-state index contributed by atoms with van der Waals surface area (Å²) in [7, 11) is 3.60. The molecule has 0 radical (unpaired) electrons. The average Bonchev–Trinajstić information content (AvgIpc) is 2.96. The van der Waals surface area contributed by atoms with Gasteiger partial charge in [0.1, 0.15) is 11.8 Å². The third-order valence-corrected chi connectivity index (χ3v) is 4.38. The van der Waals surface area contributed by atoms with Crippen molar-refractivity contribution in [1.29, 1.82) is 0 Å². The summed E-state index contributed by atoms with van der Waals surface area (Å²) in [6.07, 6.45) is 7.33. The molecule has 2 aromatic rings. The molecule has 1 atom stereocenters. The molecule has 1 fully saturated rings. The minimum absolute atomic E-state index is 0.0797. The van der Waals surface area contributed by atoms with Crippen LogP contribution in [0.1, 0.15) is 36.4 Å². The van der Waals surface area contributed by atoms with Gasteiger partial charge in [-0.05, 0) is 32.4 Å². The van der Waals surface area contributed by atoms with Gasteiger partial charge in [0.25, 0.3) is 0 Å². The maximum Gasteiger partial charge on any atom is 0.242 e. The lowest BCUT2D eigenvalue weighted by atomic mass is 9.96. The molecular weight excluding hydrogens is 304 g/mol. The Hall–Kier alpha value is -2.34. The van der Waals surface area contributed by atoms with E-state index in [-0.39, 0.29) is 5.91 Å². The standard InChI is InChI=1S/C18H24N4O2/c1-19-17(14-11-21-22(2)12-14)18(23)20-10-13-6-3-4-9-16(13)24-15-7-5-8-15/h3-4,6,9,11-12,15,17,19H,5,7-8,10H2,1-2H3,(H,20,23). The van der Waals surface area contributed by atoms with E-state index in [2.05, 4.69) is 15.7 Å². The number of rotatable bonds is 7. The summed E-state index contributed by atoms with van der Waals surface area (Å²) in [6, 6.07) is 7.47. The number of nitrogens with one attached hydrogen (secondary N) is 2. The lowest BCUT2D eigenvalue weighted by Crippen LogP contribution is -2.35. The highest BCUT2D eigenvalue weighted by Crippen LogP contribution is 2.27. The lowest BCUT2D eigenvalue weighted by molar-refractivity contribution is -0.123. The zero-order chi connectivity index (χ0) is 16.9. The monoisotopic (exact) mass is 328 g/mol. The van der Waals surface area contributed by atoms with Crippen LogP contribution in [0.4, 0.5) is 0 Å². The average molecular weight is 328 g/mol. The molecule has 24 heavy (non-hydrogen) atoms. The van der Waals surface area contributed by atoms with Gasteiger partial charge in [-0.2, -0.15) is 5.10 Å². The molecule has 1 aromatic heterocycles. The van der Waals surface area contributed by atoms with E-state index in [4.69, 9.17) is 4.74 Å². The third-order valence-electron chi connectivity index (χ3n) is 4.38. The van der Waals surface area contributed by atoms with Crippen molar-refractivity contribution in [3.63, 3.8) is 0 Å². The Morgan fingerprint density at radius 2 is 2.21 bits per heavy atom. The van der Waals surface area contributed by atoms with E-state index in [1.807, 2.05) is 37.5 Å². The van der Waals surface area contributed by atoms with Crippen LogP contribution < -0.4 is 15.4 Å². The van der Waals surface area contributed by atoms with Crippen LogP contribution in [-0.4, -0.2) is 28.8 Å². The van der Waals surface area contributed by atoms with E-state index in [0.29, 0.717) is 12.6 Å². The first-order chi connectivity index (χ1) is 11.7. The van der Waals surface area contributed by atoms with Gasteiger partial charge in [-0.25, -0.2) is 0 Å². The lowest BCUT2D eigenvalue weighted by Gasteiger charge is -2.27. The molecule has 1 aromatic carbocycles. The summed E-state index contributed by atoms with van der Waals surface area (Å²) in [5.41, 5.74) is 1.84. The number of benzene rings is 1. The molecule has 1 unspecified atom stereocenters. The van der Waals surface area contributed by atoms with Crippen LogP contribution in [0.3, 0.4) is 0 Å². The minimum atomic E-state index is -0.418. The normalized spacial score (nSPS) is 15.6. The van der Waals surface area contributed by atoms with Crippen molar-refractivity contribution in [2.75, 3.05) is 7.05 Å². The fraction of sp³-hybridized carbons (Fsp3) is 0.444. The zero-order valence-corrected chi connectivity index (χ0v) is 14.2. The van der Waals surface area contributed by atoms with Crippen LogP contribution in [0.25, 0.3) is 0 Å². The first kappa shape index (κ1) is 16.5. The highest BCUT2D eigenvalue weighted by atomic mass is 16.5. The maximum atomic E-state index is 12.5. The van der Waals surface area contributed by atoms with Gasteiger partial charge in [0.2, 0.25) is 5.91 Å². The highest BCUT2D eigenvalue weighted by molar-refractivity contribution is 5.83. The summed E-state index contributed by atoms with van der Waals surface area (Å²) >= 11 is 0. The van der Waals surface area contributed by atoms with Crippen molar-refractivity contribution < 1.29 is 9.53 Å². The second kappa shape index (κ2) is 7.49. The number of aromatic nitrogens is 2. The number of aryl methyl sites for hydroxylation is 1. The Morgan fingerprint density at radius 3 is 2.83 bits per heavy atom. The van der Waals surface area contributed by atoms with Crippen molar-refractivity contribution >= 4 is 5.91 Å². The SMILES string of the molecule is CNC(C(=O)NCc1ccccc1OC1CCC1)c1cnn(C)c1. The second-order valence-electron chi connectivity index (χ2n) is 6.17. The second-order valence-corrected chi connectivity index (χ2v) is 6.17. The van der Waals surface area contributed by atoms with Gasteiger partial charge in [-0.15, -0.1) is 0 Å². The molecule has 0 spiro atoms. The van der Waals surface area contributed by atoms with Gasteiger partial charge >= 0.3 is 0 Å². The van der Waals surface area contributed by atoms with Crippen molar-refractivity contribution in [2.45, 2.75) is 38.0 Å². The van der Waals surface area contributed by atoms with E-state index >= 15 is 0 Å². The number of hydrogen-bond acceptors (Lipinski definition) is 4. The van der Waals surface area contributed by atoms with Crippen molar-refractivity contribution in [1.82, 2.24) is 20.4 Å². The van der Waals surface area contributed by atoms with Crippen molar-refractivity contribution in [3.8, 4) is 5.75 Å². The molecule has 6 nitrogen and oxygen atoms in total. The topological polar surface area (TPSA) is 68.2 Å². The minimum Gasteiger partial charge on any atom is -0.490 e. The van der Waals surface area contributed by atoms with E-state index < -0.39 is 6.04 Å². The van der Waals surface area contributed by atoms with Gasteiger partial charge in [-0.3, -0.25) is 9.48 Å². The Balaban J connectivity index is 1.63. The number of ether oxygens (including phenoxy) is 1. The van der Waals surface area contributed by atoms with Crippen LogP contribution in [0.5, 0.6) is 5.75 Å². The summed E-state index contributed by atoms with van der Waals surface area (Å²) in [6.45, 7) is 0.445. The number of amides is 1. The quantitative estimate of drug-likeness (QED) is 0.815. The molecule has 1 heterocycles. The van der Waals surface area contributed by atoms with E-state index in [1.54, 1.807) is 17.9 Å². The summed E-state index contributed by atoms with van der Waals surface area (Å²) in [5, 5.41) is 10.2. The Labute approximate surface area is 142 Å². The third kappa shape index (κ3) is 3.76. The Kier molecular flexibility index (Phi) is 5.15. The molecule has 0 bridgehead atoms. The van der Waals surface area contributed by atoms with Gasteiger partial charge in [0.15, 0.2) is 0 Å². The molecule has 0 saturated heterocycles. The smallest absolute Gasteiger partial charge is 0.242 e. The fourth-order valence-corrected chi connectivity index (χ4v) is 2.76. The van der Waals surface area contributed by atoms with Crippen LogP contribution in [-0.2, 0) is 18.4 Å². The Bertz CT molecular complexity index is 694. The number of carbonyl (C=O) groups is 1. The van der Waals surface area contributed by atoms with Gasteiger partial charge in [0.05, 0.1) is 12.3 Å². The summed E-state index contributed by atoms with van der Waals surface area (Å²) < 4.78 is 7.70. The molecular formula is C18H24N4O2. The zero-order valence-electron chi connectivity index (χ0n) is 14.2. The van der Waals surface area contributed by atoms with Crippen molar-refractivity contribution in [3.05, 3.63) is 47.8 Å². The maximum absolute atomic E-state index is 12.5. The molecule has 3 rings (SSSR count). The molecule has 128 valence electrons. The van der Waals surface area contributed by atoms with Crippen molar-refractivity contribution in [2.24, 2.45) is 7.05 Å². The molecule has 0 aliphatic heterocycles.